The van der Waals surface area contributed by atoms with Gasteiger partial charge in [-0.05, 0) is 91.4 Å². The van der Waals surface area contributed by atoms with Gasteiger partial charge in [0, 0.05) is 6.07 Å². The van der Waals surface area contributed by atoms with Crippen LogP contribution in [0.4, 0.5) is 0 Å². The van der Waals surface area contributed by atoms with E-state index >= 15 is 0 Å². The summed E-state index contributed by atoms with van der Waals surface area (Å²) in [5.41, 5.74) is 1.72. The van der Waals surface area contributed by atoms with Crippen LogP contribution < -0.4 is 14.6 Å². The molecule has 4 rings (SSSR count). The Morgan fingerprint density at radius 3 is 1.47 bits per heavy atom. The van der Waals surface area contributed by atoms with Crippen LogP contribution in [0.2, 0.25) is 0 Å². The Labute approximate surface area is 319 Å². The van der Waals surface area contributed by atoms with Crippen molar-refractivity contribution in [3.63, 3.8) is 0 Å². The summed E-state index contributed by atoms with van der Waals surface area (Å²) in [4.78, 5) is -0.524. The fourth-order valence-corrected chi connectivity index (χ4v) is 5.73. The van der Waals surface area contributed by atoms with Gasteiger partial charge >= 0.3 is 37.7 Å². The van der Waals surface area contributed by atoms with E-state index in [0.717, 1.165) is 75.3 Å². The summed E-state index contributed by atoms with van der Waals surface area (Å²) >= 11 is 0. The number of ether oxygens (including phenoxy) is 2. The summed E-state index contributed by atoms with van der Waals surface area (Å²) in [6, 6.07) is 20.5. The van der Waals surface area contributed by atoms with Crippen LogP contribution in [0.5, 0.6) is 34.5 Å². The number of unbranched alkanes of at least 4 members (excludes halogenated alkanes) is 6. The van der Waals surface area contributed by atoms with Gasteiger partial charge in [-0.25, -0.2) is 8.42 Å². The van der Waals surface area contributed by atoms with Crippen molar-refractivity contribution in [3.05, 3.63) is 96.1 Å². The van der Waals surface area contributed by atoms with Crippen molar-refractivity contribution in [1.29, 1.82) is 0 Å². The molecule has 0 aliphatic carbocycles. The average Bonchev–Trinajstić information content (AvgIpc) is 3.04. The van der Waals surface area contributed by atoms with E-state index < -0.39 is 20.2 Å². The normalized spacial score (nSPS) is 11.2. The first kappa shape index (κ1) is 42.3. The van der Waals surface area contributed by atoms with Crippen molar-refractivity contribution in [2.45, 2.75) is 87.8 Å². The van der Waals surface area contributed by atoms with Gasteiger partial charge in [0.2, 0.25) is 0 Å². The summed E-state index contributed by atoms with van der Waals surface area (Å²) < 4.78 is 77.2. The Kier molecular flexibility index (Phi) is 17.9. The molecule has 0 spiro atoms. The summed E-state index contributed by atoms with van der Waals surface area (Å²) in [6.45, 7) is 4.27. The number of aryl methyl sites for hydroxylation is 2. The van der Waals surface area contributed by atoms with Gasteiger partial charge in [-0.3, -0.25) is 4.55 Å². The predicted molar refractivity (Wildman–Crippen MR) is 186 cm³/mol. The Morgan fingerprint density at radius 1 is 0.612 bits per heavy atom. The van der Waals surface area contributed by atoms with Crippen molar-refractivity contribution in [2.75, 3.05) is 0 Å². The SMILES string of the molecule is CCCCCCc1ccc(S(=O)(=O)O)cc1Oc1ccc(O)cc1.CCCCCCc1ccc(S(=O)(=O)[O-])cc1Oc1ccc([O-])cc1.[Ca+2]. The molecule has 0 fully saturated rings. The molecule has 0 saturated heterocycles. The number of hydrogen-bond donors (Lipinski definition) is 2. The van der Waals surface area contributed by atoms with Gasteiger partial charge in [-0.15, -0.1) is 5.75 Å². The second-order valence-electron chi connectivity index (χ2n) is 11.3. The standard InChI is InChI=1S/2C18H22O5S.Ca/c2*1-2-3-4-5-6-14-7-12-17(24(20,21)22)13-18(14)23-16-10-8-15(19)9-11-16;/h2*7-13,19H,2-6H2,1H3,(H,20,21,22);/q;;+2/p-2. The molecule has 260 valence electrons. The van der Waals surface area contributed by atoms with Gasteiger partial charge in [0.1, 0.15) is 38.9 Å². The van der Waals surface area contributed by atoms with Crippen molar-refractivity contribution >= 4 is 58.0 Å². The maximum absolute atomic E-state index is 11.4. The molecule has 0 heterocycles. The molecule has 0 saturated carbocycles. The Balaban J connectivity index is 0.000000333. The van der Waals surface area contributed by atoms with Gasteiger partial charge < -0.3 is 24.2 Å². The van der Waals surface area contributed by atoms with Crippen LogP contribution >= 0.6 is 0 Å². The van der Waals surface area contributed by atoms with Crippen LogP contribution in [0.1, 0.15) is 76.3 Å². The van der Waals surface area contributed by atoms with Gasteiger partial charge in [-0.1, -0.05) is 76.6 Å². The fraction of sp³-hybridized carbons (Fsp3) is 0.333. The van der Waals surface area contributed by atoms with E-state index in [1.165, 1.54) is 60.7 Å². The number of hydrogen-bond acceptors (Lipinski definition) is 9. The van der Waals surface area contributed by atoms with Crippen molar-refractivity contribution < 1.29 is 45.6 Å². The smallest absolute Gasteiger partial charge is 0.872 e. The number of benzene rings is 4. The Morgan fingerprint density at radius 2 is 1.04 bits per heavy atom. The second kappa shape index (κ2) is 20.7. The van der Waals surface area contributed by atoms with E-state index in [0.29, 0.717) is 23.0 Å². The zero-order valence-electron chi connectivity index (χ0n) is 27.8. The van der Waals surface area contributed by atoms with Crippen LogP contribution in [-0.2, 0) is 33.1 Å². The largest absolute Gasteiger partial charge is 2.00 e. The van der Waals surface area contributed by atoms with Gasteiger partial charge in [-0.2, -0.15) is 8.42 Å². The quantitative estimate of drug-likeness (QED) is 0.0657. The minimum absolute atomic E-state index is 0. The number of phenolic OH excluding ortho intramolecular Hbond substituents is 1. The molecule has 0 unspecified atom stereocenters. The monoisotopic (exact) mass is 738 g/mol. The number of aromatic hydroxyl groups is 1. The molecular formula is C36H42CaO10S2. The van der Waals surface area contributed by atoms with Crippen LogP contribution in [0.15, 0.2) is 94.7 Å². The summed E-state index contributed by atoms with van der Waals surface area (Å²) in [5, 5.41) is 20.5. The predicted octanol–water partition coefficient (Wildman–Crippen LogP) is 7.75. The first-order valence-corrected chi connectivity index (χ1v) is 18.8. The molecule has 0 aromatic heterocycles. The molecule has 4 aromatic carbocycles. The van der Waals surface area contributed by atoms with Crippen LogP contribution in [0.3, 0.4) is 0 Å². The second-order valence-corrected chi connectivity index (χ2v) is 14.1. The molecule has 10 nitrogen and oxygen atoms in total. The molecule has 4 aromatic rings. The fourth-order valence-electron chi connectivity index (χ4n) is 4.75. The molecule has 0 aliphatic rings. The summed E-state index contributed by atoms with van der Waals surface area (Å²) in [7, 11) is -8.84. The molecule has 0 amide bonds. The third kappa shape index (κ3) is 14.9. The van der Waals surface area contributed by atoms with Gasteiger partial charge in [0.05, 0.1) is 9.79 Å². The molecular weight excluding hydrogens is 697 g/mol. The van der Waals surface area contributed by atoms with E-state index in [9.17, 15) is 36.2 Å². The molecule has 13 heteroatoms. The number of rotatable bonds is 16. The van der Waals surface area contributed by atoms with E-state index in [4.69, 9.17) is 9.47 Å². The minimum Gasteiger partial charge on any atom is -0.872 e. The number of phenols is 1. The maximum atomic E-state index is 11.4. The topological polar surface area (TPSA) is 173 Å². The van der Waals surface area contributed by atoms with Crippen LogP contribution in [-0.4, -0.2) is 68.8 Å². The first-order chi connectivity index (χ1) is 22.8. The molecule has 0 atom stereocenters. The van der Waals surface area contributed by atoms with E-state index in [1.54, 1.807) is 24.3 Å². The zero-order valence-corrected chi connectivity index (χ0v) is 31.7. The molecule has 2 N–H and O–H groups in total. The van der Waals surface area contributed by atoms with Gasteiger partial charge in [0.25, 0.3) is 10.1 Å². The third-order valence-corrected chi connectivity index (χ3v) is 9.06. The van der Waals surface area contributed by atoms with E-state index in [1.807, 2.05) is 0 Å². The van der Waals surface area contributed by atoms with Crippen LogP contribution in [0, 0.1) is 0 Å². The summed E-state index contributed by atoms with van der Waals surface area (Å²) in [5.74, 6) is 1.61. The Bertz CT molecular complexity index is 1680. The third-order valence-electron chi connectivity index (χ3n) is 7.38. The summed E-state index contributed by atoms with van der Waals surface area (Å²) in [6.07, 6.45) is 10.1. The van der Waals surface area contributed by atoms with Crippen LogP contribution in [0.25, 0.3) is 0 Å². The van der Waals surface area contributed by atoms with Crippen molar-refractivity contribution in [3.8, 4) is 34.5 Å². The van der Waals surface area contributed by atoms with E-state index in [-0.39, 0.29) is 59.0 Å². The first-order valence-electron chi connectivity index (χ1n) is 15.9. The van der Waals surface area contributed by atoms with E-state index in [2.05, 4.69) is 13.8 Å². The zero-order chi connectivity index (χ0) is 35.2. The minimum atomic E-state index is -4.55. The average molecular weight is 739 g/mol. The van der Waals surface area contributed by atoms with Gasteiger partial charge in [0.15, 0.2) is 0 Å². The van der Waals surface area contributed by atoms with Crippen molar-refractivity contribution in [1.82, 2.24) is 0 Å². The molecule has 0 radical (unpaired) electrons. The molecule has 0 aliphatic heterocycles. The maximum Gasteiger partial charge on any atom is 2.00 e. The Hall–Kier alpha value is -2.84. The molecule has 49 heavy (non-hydrogen) atoms. The molecule has 0 bridgehead atoms. The van der Waals surface area contributed by atoms with Crippen molar-refractivity contribution in [2.24, 2.45) is 0 Å².